The molecule has 3 saturated heterocycles. The molecule has 3 aliphatic rings. The van der Waals surface area contributed by atoms with Gasteiger partial charge in [0.25, 0.3) is 5.91 Å². The molecule has 0 saturated carbocycles. The predicted octanol–water partition coefficient (Wildman–Crippen LogP) is 2.17. The molecule has 1 unspecified atom stereocenters. The average Bonchev–Trinajstić information content (AvgIpc) is 3.06. The number of fused-ring (bicyclic) bond motifs is 3. The van der Waals surface area contributed by atoms with Crippen LogP contribution in [0.2, 0.25) is 0 Å². The Morgan fingerprint density at radius 1 is 1.35 bits per heavy atom. The van der Waals surface area contributed by atoms with Gasteiger partial charge < -0.3 is 10.2 Å². The Hall–Kier alpha value is -1.86. The van der Waals surface area contributed by atoms with Crippen molar-refractivity contribution in [3.8, 4) is 10.7 Å². The average molecular weight is 332 g/mol. The lowest BCUT2D eigenvalue weighted by atomic mass is 9.84. The normalized spacial score (nSPS) is 26.2. The molecule has 3 aliphatic heterocycles. The van der Waals surface area contributed by atoms with Crippen LogP contribution in [-0.2, 0) is 0 Å². The van der Waals surface area contributed by atoms with Crippen LogP contribution in [0.1, 0.15) is 22.5 Å². The minimum Gasteiger partial charge on any atom is -0.347 e. The maximum atomic E-state index is 13.3. The van der Waals surface area contributed by atoms with Crippen molar-refractivity contribution >= 4 is 17.2 Å². The van der Waals surface area contributed by atoms with E-state index < -0.39 is 0 Å². The zero-order valence-electron chi connectivity index (χ0n) is 12.5. The molecule has 120 valence electrons. The second-order valence-electron chi connectivity index (χ2n) is 6.11. The third-order valence-corrected chi connectivity index (χ3v) is 5.66. The summed E-state index contributed by atoms with van der Waals surface area (Å²) in [6, 6.07) is 2.84. The van der Waals surface area contributed by atoms with Crippen molar-refractivity contribution in [3.05, 3.63) is 35.2 Å². The second kappa shape index (κ2) is 5.98. The number of carbonyl (C=O) groups is 1. The largest absolute Gasteiger partial charge is 0.347 e. The first-order valence-electron chi connectivity index (χ1n) is 7.80. The van der Waals surface area contributed by atoms with Crippen molar-refractivity contribution in [2.45, 2.75) is 18.9 Å². The molecular weight excluding hydrogens is 315 g/mol. The molecular formula is C16H17FN4OS. The number of thiazole rings is 1. The van der Waals surface area contributed by atoms with Crippen LogP contribution in [0, 0.1) is 11.7 Å². The van der Waals surface area contributed by atoms with E-state index in [1.54, 1.807) is 6.20 Å². The fourth-order valence-corrected chi connectivity index (χ4v) is 4.17. The highest BCUT2D eigenvalue weighted by Crippen LogP contribution is 2.28. The van der Waals surface area contributed by atoms with Crippen molar-refractivity contribution in [2.75, 3.05) is 19.6 Å². The minimum atomic E-state index is -0.358. The monoisotopic (exact) mass is 332 g/mol. The minimum absolute atomic E-state index is 0.0936. The number of carbonyl (C=O) groups excluding carboxylic acids is 1. The molecule has 2 bridgehead atoms. The van der Waals surface area contributed by atoms with Crippen molar-refractivity contribution in [3.63, 3.8) is 0 Å². The van der Waals surface area contributed by atoms with Gasteiger partial charge in [0.15, 0.2) is 0 Å². The van der Waals surface area contributed by atoms with Crippen molar-refractivity contribution < 1.29 is 9.18 Å². The number of piperidine rings is 3. The molecule has 5 rings (SSSR count). The number of nitrogens with zero attached hydrogens (tertiary/aromatic N) is 3. The Kier molecular flexibility index (Phi) is 3.82. The zero-order chi connectivity index (χ0) is 15.8. The smallest absolute Gasteiger partial charge is 0.263 e. The van der Waals surface area contributed by atoms with Gasteiger partial charge in [-0.2, -0.15) is 0 Å². The van der Waals surface area contributed by atoms with Gasteiger partial charge in [0.2, 0.25) is 0 Å². The van der Waals surface area contributed by atoms with Gasteiger partial charge in [0, 0.05) is 24.8 Å². The predicted molar refractivity (Wildman–Crippen MR) is 85.7 cm³/mol. The molecule has 23 heavy (non-hydrogen) atoms. The van der Waals surface area contributed by atoms with E-state index in [4.69, 9.17) is 0 Å². The van der Waals surface area contributed by atoms with E-state index in [1.165, 1.54) is 29.7 Å². The lowest BCUT2D eigenvalue weighted by Gasteiger charge is -2.44. The number of rotatable bonds is 3. The molecule has 0 aliphatic carbocycles. The summed E-state index contributed by atoms with van der Waals surface area (Å²) in [5, 5.41) is 3.70. The van der Waals surface area contributed by atoms with Gasteiger partial charge in [-0.05, 0) is 37.9 Å². The molecule has 1 atom stereocenters. The first kappa shape index (κ1) is 14.7. The zero-order valence-corrected chi connectivity index (χ0v) is 13.4. The summed E-state index contributed by atoms with van der Waals surface area (Å²) in [7, 11) is 0. The van der Waals surface area contributed by atoms with Gasteiger partial charge in [0.05, 0.1) is 6.20 Å². The number of hydrogen-bond acceptors (Lipinski definition) is 5. The summed E-state index contributed by atoms with van der Waals surface area (Å²) >= 11 is 1.25. The Bertz CT molecular complexity index is 726. The third kappa shape index (κ3) is 2.98. The lowest BCUT2D eigenvalue weighted by Crippen LogP contribution is -2.57. The van der Waals surface area contributed by atoms with E-state index in [1.807, 2.05) is 0 Å². The topological polar surface area (TPSA) is 58.1 Å². The summed E-state index contributed by atoms with van der Waals surface area (Å²) in [4.78, 5) is 23.7. The number of halogens is 1. The summed E-state index contributed by atoms with van der Waals surface area (Å²) in [5.41, 5.74) is 0.455. The van der Waals surface area contributed by atoms with Gasteiger partial charge in [-0.15, -0.1) is 11.3 Å². The van der Waals surface area contributed by atoms with E-state index in [0.717, 1.165) is 32.5 Å². The maximum absolute atomic E-state index is 13.3. The highest BCUT2D eigenvalue weighted by Gasteiger charge is 2.35. The number of amides is 1. The molecule has 7 heteroatoms. The van der Waals surface area contributed by atoms with Crippen molar-refractivity contribution in [1.29, 1.82) is 0 Å². The summed E-state index contributed by atoms with van der Waals surface area (Å²) in [5.74, 6) is 0.133. The SMILES string of the molecule is O=C(NC1CN2CCC1CC2)c1cnc(-c2cc(F)ccn2)s1. The highest BCUT2D eigenvalue weighted by atomic mass is 32.1. The number of nitrogens with one attached hydrogen (secondary N) is 1. The van der Waals surface area contributed by atoms with E-state index in [2.05, 4.69) is 20.2 Å². The summed E-state index contributed by atoms with van der Waals surface area (Å²) < 4.78 is 13.3. The third-order valence-electron chi connectivity index (χ3n) is 4.64. The van der Waals surface area contributed by atoms with Crippen LogP contribution in [0.3, 0.4) is 0 Å². The number of hydrogen-bond donors (Lipinski definition) is 1. The summed E-state index contributed by atoms with van der Waals surface area (Å²) in [6.45, 7) is 3.23. The Morgan fingerprint density at radius 3 is 2.87 bits per heavy atom. The molecule has 3 fully saturated rings. The van der Waals surface area contributed by atoms with Gasteiger partial charge >= 0.3 is 0 Å². The van der Waals surface area contributed by atoms with Crippen LogP contribution in [0.25, 0.3) is 10.7 Å². The number of aromatic nitrogens is 2. The molecule has 2 aromatic rings. The Morgan fingerprint density at radius 2 is 2.17 bits per heavy atom. The van der Waals surface area contributed by atoms with Gasteiger partial charge in [0.1, 0.15) is 21.4 Å². The van der Waals surface area contributed by atoms with Gasteiger partial charge in [-0.25, -0.2) is 9.37 Å². The second-order valence-corrected chi connectivity index (χ2v) is 7.14. The molecule has 0 aromatic carbocycles. The van der Waals surface area contributed by atoms with Crippen LogP contribution in [0.15, 0.2) is 24.5 Å². The first-order valence-corrected chi connectivity index (χ1v) is 8.61. The molecule has 5 heterocycles. The summed E-state index contributed by atoms with van der Waals surface area (Å²) in [6.07, 6.45) is 5.26. The molecule has 2 aromatic heterocycles. The van der Waals surface area contributed by atoms with Gasteiger partial charge in [-0.3, -0.25) is 9.78 Å². The Labute approximate surface area is 137 Å². The fraction of sp³-hybridized carbons (Fsp3) is 0.438. The lowest BCUT2D eigenvalue weighted by molar-refractivity contribution is 0.0622. The molecule has 1 N–H and O–H groups in total. The fourth-order valence-electron chi connectivity index (χ4n) is 3.39. The van der Waals surface area contributed by atoms with Crippen molar-refractivity contribution in [1.82, 2.24) is 20.2 Å². The van der Waals surface area contributed by atoms with E-state index >= 15 is 0 Å². The quantitative estimate of drug-likeness (QED) is 0.936. The molecule has 1 amide bonds. The van der Waals surface area contributed by atoms with E-state index in [9.17, 15) is 9.18 Å². The van der Waals surface area contributed by atoms with Crippen LogP contribution in [0.4, 0.5) is 4.39 Å². The highest BCUT2D eigenvalue weighted by molar-refractivity contribution is 7.16. The maximum Gasteiger partial charge on any atom is 0.263 e. The number of pyridine rings is 1. The van der Waals surface area contributed by atoms with E-state index in [-0.39, 0.29) is 17.8 Å². The molecule has 5 nitrogen and oxygen atoms in total. The first-order chi connectivity index (χ1) is 11.2. The van der Waals surface area contributed by atoms with Crippen LogP contribution < -0.4 is 5.32 Å². The molecule has 0 spiro atoms. The Balaban J connectivity index is 1.47. The van der Waals surface area contributed by atoms with Crippen LogP contribution in [-0.4, -0.2) is 46.5 Å². The van der Waals surface area contributed by atoms with Gasteiger partial charge in [-0.1, -0.05) is 0 Å². The molecule has 0 radical (unpaired) electrons. The van der Waals surface area contributed by atoms with Crippen LogP contribution >= 0.6 is 11.3 Å². The van der Waals surface area contributed by atoms with E-state index in [0.29, 0.717) is 21.5 Å². The van der Waals surface area contributed by atoms with Crippen molar-refractivity contribution in [2.24, 2.45) is 5.92 Å². The standard InChI is InChI=1S/C16H17FN4OS/c17-11-1-4-18-12(7-11)16-19-8-14(23-16)15(22)20-13-9-21-5-2-10(13)3-6-21/h1,4,7-8,10,13H,2-3,5-6,9H2,(H,20,22). The van der Waals surface area contributed by atoms with Crippen LogP contribution in [0.5, 0.6) is 0 Å².